The Morgan fingerprint density at radius 1 is 1.43 bits per heavy atom. The number of aliphatic hydroxyl groups is 1. The van der Waals surface area contributed by atoms with Gasteiger partial charge in [0.1, 0.15) is 6.54 Å². The summed E-state index contributed by atoms with van der Waals surface area (Å²) in [5.41, 5.74) is 0.384. The lowest BCUT2D eigenvalue weighted by molar-refractivity contribution is -0.121. The number of carbonyl (C=O) groups is 1. The fourth-order valence-corrected chi connectivity index (χ4v) is 2.01. The molecule has 0 radical (unpaired) electrons. The van der Waals surface area contributed by atoms with Crippen LogP contribution in [-0.2, 0) is 11.3 Å². The molecule has 0 aliphatic carbocycles. The summed E-state index contributed by atoms with van der Waals surface area (Å²) in [5, 5.41) is 12.6. The van der Waals surface area contributed by atoms with Gasteiger partial charge in [0.2, 0.25) is 5.91 Å². The number of para-hydroxylation sites is 1. The van der Waals surface area contributed by atoms with Crippen LogP contribution in [-0.4, -0.2) is 33.2 Å². The number of aromatic nitrogens is 2. The van der Waals surface area contributed by atoms with Gasteiger partial charge in [-0.25, -0.2) is 4.98 Å². The third kappa shape index (κ3) is 3.88. The first kappa shape index (κ1) is 15.2. The number of nitrogens with zero attached hydrogens (tertiary/aromatic N) is 2. The van der Waals surface area contributed by atoms with Crippen molar-refractivity contribution in [2.75, 3.05) is 6.54 Å². The predicted octanol–water partition coefficient (Wildman–Crippen LogP) is 0.674. The number of fused-ring (bicyclic) bond motifs is 1. The van der Waals surface area contributed by atoms with Crippen LogP contribution in [0.1, 0.15) is 19.8 Å². The van der Waals surface area contributed by atoms with Gasteiger partial charge in [-0.05, 0) is 25.0 Å². The van der Waals surface area contributed by atoms with Crippen LogP contribution in [0.15, 0.2) is 35.4 Å². The molecule has 112 valence electrons. The Hall–Kier alpha value is -2.21. The molecule has 1 heterocycles. The molecule has 0 fully saturated rings. The third-order valence-corrected chi connectivity index (χ3v) is 3.32. The van der Waals surface area contributed by atoms with E-state index in [2.05, 4.69) is 10.3 Å². The highest BCUT2D eigenvalue weighted by molar-refractivity contribution is 5.78. The van der Waals surface area contributed by atoms with Crippen molar-refractivity contribution in [3.8, 4) is 0 Å². The summed E-state index contributed by atoms with van der Waals surface area (Å²) in [4.78, 5) is 28.1. The lowest BCUT2D eigenvalue weighted by atomic mass is 10.2. The minimum absolute atomic E-state index is 0.0705. The molecule has 1 aromatic carbocycles. The van der Waals surface area contributed by atoms with Crippen molar-refractivity contribution in [1.82, 2.24) is 14.9 Å². The molecule has 6 heteroatoms. The zero-order chi connectivity index (χ0) is 15.2. The van der Waals surface area contributed by atoms with Crippen molar-refractivity contribution in [2.45, 2.75) is 32.4 Å². The average molecular weight is 289 g/mol. The summed E-state index contributed by atoms with van der Waals surface area (Å²) in [6, 6.07) is 7.02. The van der Waals surface area contributed by atoms with Gasteiger partial charge in [0.25, 0.3) is 5.56 Å². The van der Waals surface area contributed by atoms with E-state index in [9.17, 15) is 14.7 Å². The van der Waals surface area contributed by atoms with Crippen molar-refractivity contribution in [1.29, 1.82) is 0 Å². The molecule has 1 unspecified atom stereocenters. The minimum Gasteiger partial charge on any atom is -0.393 e. The van der Waals surface area contributed by atoms with Crippen LogP contribution in [0.25, 0.3) is 10.9 Å². The van der Waals surface area contributed by atoms with Crippen LogP contribution in [0.2, 0.25) is 0 Å². The number of carbonyl (C=O) groups excluding carboxylic acids is 1. The molecule has 1 amide bonds. The number of aliphatic hydroxyl groups excluding tert-OH is 1. The van der Waals surface area contributed by atoms with Gasteiger partial charge in [-0.1, -0.05) is 19.1 Å². The van der Waals surface area contributed by atoms with Crippen LogP contribution >= 0.6 is 0 Å². The van der Waals surface area contributed by atoms with Crippen molar-refractivity contribution in [2.24, 2.45) is 0 Å². The van der Waals surface area contributed by atoms with Gasteiger partial charge in [0.15, 0.2) is 0 Å². The fourth-order valence-electron chi connectivity index (χ4n) is 2.01. The highest BCUT2D eigenvalue weighted by Crippen LogP contribution is 2.04. The lowest BCUT2D eigenvalue weighted by Crippen LogP contribution is -2.33. The summed E-state index contributed by atoms with van der Waals surface area (Å²) in [6.07, 6.45) is 2.14. The van der Waals surface area contributed by atoms with Gasteiger partial charge in [-0.2, -0.15) is 0 Å². The number of hydrogen-bond acceptors (Lipinski definition) is 4. The second-order valence-electron chi connectivity index (χ2n) is 4.90. The molecule has 0 saturated heterocycles. The van der Waals surface area contributed by atoms with Gasteiger partial charge < -0.3 is 10.4 Å². The Morgan fingerprint density at radius 2 is 2.19 bits per heavy atom. The van der Waals surface area contributed by atoms with Gasteiger partial charge >= 0.3 is 0 Å². The second kappa shape index (κ2) is 6.99. The standard InChI is InChI=1S/C15H19N3O3/c1-2-11(19)7-8-16-14(20)9-18-10-17-13-6-4-3-5-12(13)15(18)21/h3-6,10-11,19H,2,7-9H2,1H3,(H,16,20). The first-order chi connectivity index (χ1) is 10.1. The van der Waals surface area contributed by atoms with Crippen molar-refractivity contribution >= 4 is 16.8 Å². The van der Waals surface area contributed by atoms with E-state index < -0.39 is 6.10 Å². The molecule has 0 bridgehead atoms. The molecule has 2 rings (SSSR count). The van der Waals surface area contributed by atoms with E-state index in [4.69, 9.17) is 0 Å². The molecular formula is C15H19N3O3. The Labute approximate surface area is 122 Å². The smallest absolute Gasteiger partial charge is 0.261 e. The third-order valence-electron chi connectivity index (χ3n) is 3.32. The van der Waals surface area contributed by atoms with Crippen LogP contribution in [0.5, 0.6) is 0 Å². The normalized spacial score (nSPS) is 12.3. The van der Waals surface area contributed by atoms with E-state index in [-0.39, 0.29) is 18.0 Å². The summed E-state index contributed by atoms with van der Waals surface area (Å²) in [7, 11) is 0. The van der Waals surface area contributed by atoms with Gasteiger partial charge in [-0.3, -0.25) is 14.2 Å². The number of amides is 1. The van der Waals surface area contributed by atoms with E-state index in [1.807, 2.05) is 13.0 Å². The Balaban J connectivity index is 2.01. The molecular weight excluding hydrogens is 270 g/mol. The maximum atomic E-state index is 12.2. The summed E-state index contributed by atoms with van der Waals surface area (Å²) >= 11 is 0. The largest absolute Gasteiger partial charge is 0.393 e. The maximum Gasteiger partial charge on any atom is 0.261 e. The zero-order valence-electron chi connectivity index (χ0n) is 12.0. The summed E-state index contributed by atoms with van der Waals surface area (Å²) < 4.78 is 1.29. The van der Waals surface area contributed by atoms with E-state index in [1.165, 1.54) is 10.9 Å². The first-order valence-electron chi connectivity index (χ1n) is 7.00. The molecule has 2 N–H and O–H groups in total. The molecule has 2 aromatic rings. The molecule has 0 aliphatic heterocycles. The van der Waals surface area contributed by atoms with E-state index >= 15 is 0 Å². The second-order valence-corrected chi connectivity index (χ2v) is 4.90. The van der Waals surface area contributed by atoms with Gasteiger partial charge in [0, 0.05) is 6.54 Å². The van der Waals surface area contributed by atoms with E-state index in [0.717, 1.165) is 0 Å². The van der Waals surface area contributed by atoms with Crippen molar-refractivity contribution in [3.05, 3.63) is 40.9 Å². The van der Waals surface area contributed by atoms with Gasteiger partial charge in [0.05, 0.1) is 23.3 Å². The summed E-state index contributed by atoms with van der Waals surface area (Å²) in [5.74, 6) is -0.266. The average Bonchev–Trinajstić information content (AvgIpc) is 2.50. The van der Waals surface area contributed by atoms with Crippen LogP contribution in [0.4, 0.5) is 0 Å². The Morgan fingerprint density at radius 3 is 2.95 bits per heavy atom. The van der Waals surface area contributed by atoms with Gasteiger partial charge in [-0.15, -0.1) is 0 Å². The van der Waals surface area contributed by atoms with Crippen molar-refractivity contribution in [3.63, 3.8) is 0 Å². The minimum atomic E-state index is -0.407. The SMILES string of the molecule is CCC(O)CCNC(=O)Cn1cnc2ccccc2c1=O. The number of hydrogen-bond donors (Lipinski definition) is 2. The fraction of sp³-hybridized carbons (Fsp3) is 0.400. The molecule has 1 aromatic heterocycles. The number of nitrogens with one attached hydrogen (secondary N) is 1. The maximum absolute atomic E-state index is 12.2. The quantitative estimate of drug-likeness (QED) is 0.819. The highest BCUT2D eigenvalue weighted by atomic mass is 16.3. The Kier molecular flexibility index (Phi) is 5.05. The molecule has 1 atom stereocenters. The number of benzene rings is 1. The highest BCUT2D eigenvalue weighted by Gasteiger charge is 2.08. The molecule has 0 aliphatic rings. The van der Waals surface area contributed by atoms with Crippen LogP contribution < -0.4 is 10.9 Å². The van der Waals surface area contributed by atoms with E-state index in [1.54, 1.807) is 18.2 Å². The van der Waals surface area contributed by atoms with Crippen LogP contribution in [0, 0.1) is 0 Å². The van der Waals surface area contributed by atoms with Crippen molar-refractivity contribution < 1.29 is 9.90 Å². The topological polar surface area (TPSA) is 84.2 Å². The molecule has 0 spiro atoms. The van der Waals surface area contributed by atoms with E-state index in [0.29, 0.717) is 30.3 Å². The lowest BCUT2D eigenvalue weighted by Gasteiger charge is -2.10. The molecule has 21 heavy (non-hydrogen) atoms. The Bertz CT molecular complexity index is 681. The predicted molar refractivity (Wildman–Crippen MR) is 79.9 cm³/mol. The number of rotatable bonds is 6. The summed E-state index contributed by atoms with van der Waals surface area (Å²) in [6.45, 7) is 2.20. The molecule has 0 saturated carbocycles. The van der Waals surface area contributed by atoms with Crippen LogP contribution in [0.3, 0.4) is 0 Å². The molecule has 6 nitrogen and oxygen atoms in total. The monoisotopic (exact) mass is 289 g/mol. The zero-order valence-corrected chi connectivity index (χ0v) is 12.0. The first-order valence-corrected chi connectivity index (χ1v) is 7.00.